The molecule has 0 bridgehead atoms. The van der Waals surface area contributed by atoms with Gasteiger partial charge in [-0.05, 0) is 37.9 Å². The van der Waals surface area contributed by atoms with E-state index in [-0.39, 0.29) is 11.9 Å². The first-order chi connectivity index (χ1) is 9.58. The Balaban J connectivity index is 1.95. The van der Waals surface area contributed by atoms with Crippen LogP contribution in [0.5, 0.6) is 0 Å². The number of amides is 1. The van der Waals surface area contributed by atoms with Crippen LogP contribution in [0.3, 0.4) is 0 Å². The SMILES string of the molecule is CNC1C(=O)Nc2cc(Sc3n[nH]c(C)n3)c(Cl)cc21. The molecule has 0 radical (unpaired) electrons. The predicted molar refractivity (Wildman–Crippen MR) is 77.1 cm³/mol. The van der Waals surface area contributed by atoms with Gasteiger partial charge < -0.3 is 10.6 Å². The number of nitrogens with one attached hydrogen (secondary N) is 3. The van der Waals surface area contributed by atoms with Crippen molar-refractivity contribution in [1.29, 1.82) is 0 Å². The van der Waals surface area contributed by atoms with Crippen LogP contribution in [0.1, 0.15) is 17.4 Å². The van der Waals surface area contributed by atoms with Gasteiger partial charge >= 0.3 is 0 Å². The lowest BCUT2D eigenvalue weighted by molar-refractivity contribution is -0.117. The summed E-state index contributed by atoms with van der Waals surface area (Å²) in [5.74, 6) is 0.669. The van der Waals surface area contributed by atoms with Crippen molar-refractivity contribution in [3.8, 4) is 0 Å². The summed E-state index contributed by atoms with van der Waals surface area (Å²) < 4.78 is 0. The van der Waals surface area contributed by atoms with E-state index >= 15 is 0 Å². The van der Waals surface area contributed by atoms with Crippen LogP contribution in [0.2, 0.25) is 5.02 Å². The summed E-state index contributed by atoms with van der Waals surface area (Å²) in [5.41, 5.74) is 1.63. The normalized spacial score (nSPS) is 17.1. The molecule has 1 aliphatic heterocycles. The number of rotatable bonds is 3. The summed E-state index contributed by atoms with van der Waals surface area (Å²) in [6, 6.07) is 3.30. The largest absolute Gasteiger partial charge is 0.324 e. The number of likely N-dealkylation sites (N-methyl/N-ethyl adjacent to an activating group) is 1. The Morgan fingerprint density at radius 3 is 2.90 bits per heavy atom. The molecule has 0 aliphatic carbocycles. The zero-order chi connectivity index (χ0) is 14.3. The zero-order valence-corrected chi connectivity index (χ0v) is 12.4. The molecule has 0 fully saturated rings. The Morgan fingerprint density at radius 2 is 2.25 bits per heavy atom. The molecule has 1 atom stereocenters. The van der Waals surface area contributed by atoms with Crippen molar-refractivity contribution in [3.05, 3.63) is 28.5 Å². The Labute approximate surface area is 124 Å². The fourth-order valence-corrected chi connectivity index (χ4v) is 3.18. The number of aryl methyl sites for hydroxylation is 1. The molecule has 2 heterocycles. The molecule has 104 valence electrons. The Bertz CT molecular complexity index is 686. The lowest BCUT2D eigenvalue weighted by Gasteiger charge is -2.08. The highest BCUT2D eigenvalue weighted by molar-refractivity contribution is 7.99. The maximum atomic E-state index is 11.8. The summed E-state index contributed by atoms with van der Waals surface area (Å²) in [7, 11) is 1.74. The average molecular weight is 310 g/mol. The fourth-order valence-electron chi connectivity index (χ4n) is 2.09. The quantitative estimate of drug-likeness (QED) is 0.809. The number of carbonyl (C=O) groups excluding carboxylic acids is 1. The molecule has 0 saturated heterocycles. The molecule has 1 aromatic carbocycles. The lowest BCUT2D eigenvalue weighted by Crippen LogP contribution is -2.23. The van der Waals surface area contributed by atoms with Gasteiger partial charge in [0.1, 0.15) is 11.9 Å². The Kier molecular flexibility index (Phi) is 3.41. The Morgan fingerprint density at radius 1 is 1.45 bits per heavy atom. The molecule has 1 aliphatic rings. The maximum Gasteiger partial charge on any atom is 0.246 e. The van der Waals surface area contributed by atoms with Crippen molar-refractivity contribution >= 4 is 35.0 Å². The van der Waals surface area contributed by atoms with Crippen LogP contribution in [0, 0.1) is 6.92 Å². The number of hydrogen-bond acceptors (Lipinski definition) is 5. The standard InChI is InChI=1S/C12H12ClN5OS/c1-5-15-12(18-17-5)20-9-4-8-6(3-7(9)13)10(14-2)11(19)16-8/h3-4,10,14H,1-2H3,(H,16,19)(H,15,17,18). The summed E-state index contributed by atoms with van der Waals surface area (Å²) in [4.78, 5) is 16.8. The van der Waals surface area contributed by atoms with Crippen LogP contribution in [-0.2, 0) is 4.79 Å². The van der Waals surface area contributed by atoms with Gasteiger partial charge in [-0.1, -0.05) is 11.6 Å². The van der Waals surface area contributed by atoms with Crippen LogP contribution >= 0.6 is 23.4 Å². The highest BCUT2D eigenvalue weighted by Gasteiger charge is 2.30. The van der Waals surface area contributed by atoms with E-state index in [2.05, 4.69) is 25.8 Å². The first kappa shape index (κ1) is 13.4. The summed E-state index contributed by atoms with van der Waals surface area (Å²) in [6.45, 7) is 1.83. The molecular weight excluding hydrogens is 298 g/mol. The molecule has 3 N–H and O–H groups in total. The third-order valence-corrected chi connectivity index (χ3v) is 4.35. The van der Waals surface area contributed by atoms with E-state index in [4.69, 9.17) is 11.6 Å². The minimum Gasteiger partial charge on any atom is -0.324 e. The van der Waals surface area contributed by atoms with Crippen molar-refractivity contribution in [2.24, 2.45) is 0 Å². The second-order valence-electron chi connectivity index (χ2n) is 4.39. The third-order valence-electron chi connectivity index (χ3n) is 3.00. The number of aromatic nitrogens is 3. The van der Waals surface area contributed by atoms with E-state index in [1.165, 1.54) is 11.8 Å². The lowest BCUT2D eigenvalue weighted by atomic mass is 10.1. The highest BCUT2D eigenvalue weighted by atomic mass is 35.5. The van der Waals surface area contributed by atoms with Crippen LogP contribution < -0.4 is 10.6 Å². The van der Waals surface area contributed by atoms with Crippen LogP contribution in [0.15, 0.2) is 22.2 Å². The average Bonchev–Trinajstić information content (AvgIpc) is 2.93. The molecule has 0 spiro atoms. The first-order valence-electron chi connectivity index (χ1n) is 5.97. The Hall–Kier alpha value is -1.57. The molecule has 1 amide bonds. The number of carbonyl (C=O) groups is 1. The van der Waals surface area contributed by atoms with Crippen molar-refractivity contribution < 1.29 is 4.79 Å². The fraction of sp³-hybridized carbons (Fsp3) is 0.250. The highest BCUT2D eigenvalue weighted by Crippen LogP contribution is 2.40. The first-order valence-corrected chi connectivity index (χ1v) is 7.16. The van der Waals surface area contributed by atoms with Gasteiger partial charge in [-0.3, -0.25) is 9.89 Å². The van der Waals surface area contributed by atoms with Gasteiger partial charge in [0.15, 0.2) is 0 Å². The predicted octanol–water partition coefficient (Wildman–Crippen LogP) is 2.13. The number of halogens is 1. The summed E-state index contributed by atoms with van der Waals surface area (Å²) in [6.07, 6.45) is 0. The number of anilines is 1. The zero-order valence-electron chi connectivity index (χ0n) is 10.8. The van der Waals surface area contributed by atoms with Crippen molar-refractivity contribution in [2.75, 3.05) is 12.4 Å². The van der Waals surface area contributed by atoms with Gasteiger partial charge in [0.05, 0.1) is 5.02 Å². The number of nitrogens with zero attached hydrogens (tertiary/aromatic N) is 2. The van der Waals surface area contributed by atoms with Crippen LogP contribution in [0.25, 0.3) is 0 Å². The van der Waals surface area contributed by atoms with Gasteiger partial charge in [-0.2, -0.15) is 0 Å². The minimum absolute atomic E-state index is 0.0746. The molecule has 20 heavy (non-hydrogen) atoms. The van der Waals surface area contributed by atoms with E-state index in [1.54, 1.807) is 13.1 Å². The van der Waals surface area contributed by atoms with Gasteiger partial charge in [0, 0.05) is 16.1 Å². The molecular formula is C12H12ClN5OS. The van der Waals surface area contributed by atoms with Gasteiger partial charge in [-0.15, -0.1) is 5.10 Å². The maximum absolute atomic E-state index is 11.8. The van der Waals surface area contributed by atoms with Crippen molar-refractivity contribution in [3.63, 3.8) is 0 Å². The van der Waals surface area contributed by atoms with Crippen LogP contribution in [0.4, 0.5) is 5.69 Å². The second kappa shape index (κ2) is 5.08. The smallest absolute Gasteiger partial charge is 0.246 e. The van der Waals surface area contributed by atoms with E-state index in [1.807, 2.05) is 13.0 Å². The van der Waals surface area contributed by atoms with Crippen molar-refractivity contribution in [1.82, 2.24) is 20.5 Å². The molecule has 1 aromatic heterocycles. The second-order valence-corrected chi connectivity index (χ2v) is 5.80. The minimum atomic E-state index is -0.354. The van der Waals surface area contributed by atoms with Gasteiger partial charge in [0.25, 0.3) is 0 Å². The number of benzene rings is 1. The van der Waals surface area contributed by atoms with E-state index in [0.29, 0.717) is 10.2 Å². The molecule has 6 nitrogen and oxygen atoms in total. The van der Waals surface area contributed by atoms with E-state index < -0.39 is 0 Å². The van der Waals surface area contributed by atoms with Crippen LogP contribution in [-0.4, -0.2) is 28.1 Å². The monoisotopic (exact) mass is 309 g/mol. The topological polar surface area (TPSA) is 82.7 Å². The van der Waals surface area contributed by atoms with E-state index in [0.717, 1.165) is 22.0 Å². The number of H-pyrrole nitrogens is 1. The molecule has 3 rings (SSSR count). The number of fused-ring (bicyclic) bond motifs is 1. The number of aromatic amines is 1. The summed E-state index contributed by atoms with van der Waals surface area (Å²) in [5, 5.41) is 13.8. The summed E-state index contributed by atoms with van der Waals surface area (Å²) >= 11 is 7.64. The molecule has 2 aromatic rings. The number of hydrogen-bond donors (Lipinski definition) is 3. The third kappa shape index (κ3) is 2.28. The van der Waals surface area contributed by atoms with Crippen molar-refractivity contribution in [2.45, 2.75) is 23.0 Å². The van der Waals surface area contributed by atoms with Gasteiger partial charge in [-0.25, -0.2) is 4.98 Å². The van der Waals surface area contributed by atoms with Gasteiger partial charge in [0.2, 0.25) is 11.1 Å². The molecule has 0 saturated carbocycles. The molecule has 8 heteroatoms. The van der Waals surface area contributed by atoms with E-state index in [9.17, 15) is 4.79 Å². The molecule has 1 unspecified atom stereocenters.